The van der Waals surface area contributed by atoms with Crippen LogP contribution in [0.4, 0.5) is 4.39 Å². The number of carboxylic acids is 1. The topological polar surface area (TPSA) is 54.4 Å². The molecule has 86 valence electrons. The number of carbonyl (C=O) groups is 2. The lowest BCUT2D eigenvalue weighted by molar-refractivity contribution is -0.137. The van der Waals surface area contributed by atoms with Gasteiger partial charge >= 0.3 is 5.97 Å². The minimum atomic E-state index is -1.07. The van der Waals surface area contributed by atoms with Crippen LogP contribution < -0.4 is 0 Å². The van der Waals surface area contributed by atoms with Crippen LogP contribution in [-0.4, -0.2) is 16.9 Å². The summed E-state index contributed by atoms with van der Waals surface area (Å²) >= 11 is 3.13. The number of aliphatic carboxylic acids is 1. The van der Waals surface area contributed by atoms with Gasteiger partial charge < -0.3 is 5.11 Å². The van der Waals surface area contributed by atoms with E-state index in [-0.39, 0.29) is 12.0 Å². The van der Waals surface area contributed by atoms with Crippen molar-refractivity contribution in [3.8, 4) is 0 Å². The fourth-order valence-corrected chi connectivity index (χ4v) is 1.67. The molecular formula is C11H10BrFO3. The number of ketones is 1. The van der Waals surface area contributed by atoms with Crippen molar-refractivity contribution < 1.29 is 19.1 Å². The summed E-state index contributed by atoms with van der Waals surface area (Å²) in [7, 11) is 0. The number of rotatable bonds is 4. The molecule has 5 heteroatoms. The van der Waals surface area contributed by atoms with E-state index in [2.05, 4.69) is 15.9 Å². The van der Waals surface area contributed by atoms with Crippen LogP contribution in [0, 0.1) is 11.7 Å². The van der Waals surface area contributed by atoms with Crippen LogP contribution in [0.3, 0.4) is 0 Å². The first-order valence-electron chi connectivity index (χ1n) is 4.63. The fourth-order valence-electron chi connectivity index (χ4n) is 1.31. The van der Waals surface area contributed by atoms with Gasteiger partial charge in [0.05, 0.1) is 12.0 Å². The number of benzene rings is 1. The van der Waals surface area contributed by atoms with Gasteiger partial charge in [-0.2, -0.15) is 0 Å². The van der Waals surface area contributed by atoms with Crippen LogP contribution in [0.15, 0.2) is 22.7 Å². The molecule has 3 nitrogen and oxygen atoms in total. The molecule has 0 aliphatic carbocycles. The highest BCUT2D eigenvalue weighted by Crippen LogP contribution is 2.20. The van der Waals surface area contributed by atoms with Gasteiger partial charge in [-0.3, -0.25) is 9.59 Å². The Morgan fingerprint density at radius 3 is 2.69 bits per heavy atom. The third kappa shape index (κ3) is 3.13. The molecule has 0 saturated heterocycles. The van der Waals surface area contributed by atoms with E-state index in [4.69, 9.17) is 5.11 Å². The van der Waals surface area contributed by atoms with Gasteiger partial charge in [-0.05, 0) is 18.2 Å². The summed E-state index contributed by atoms with van der Waals surface area (Å²) in [5.41, 5.74) is -0.0804. The Labute approximate surface area is 100 Å². The van der Waals surface area contributed by atoms with Crippen molar-refractivity contribution in [2.24, 2.45) is 5.92 Å². The minimum Gasteiger partial charge on any atom is -0.481 e. The van der Waals surface area contributed by atoms with E-state index in [0.717, 1.165) is 0 Å². The lowest BCUT2D eigenvalue weighted by Crippen LogP contribution is -2.16. The smallest absolute Gasteiger partial charge is 0.304 e. The van der Waals surface area contributed by atoms with Gasteiger partial charge in [0.15, 0.2) is 5.78 Å². The molecule has 0 radical (unpaired) electrons. The molecule has 0 bridgehead atoms. The average Bonchev–Trinajstić information content (AvgIpc) is 2.19. The monoisotopic (exact) mass is 288 g/mol. The Bertz CT molecular complexity index is 431. The molecule has 16 heavy (non-hydrogen) atoms. The summed E-state index contributed by atoms with van der Waals surface area (Å²) in [6.45, 7) is 1.47. The predicted octanol–water partition coefficient (Wildman–Crippen LogP) is 2.88. The van der Waals surface area contributed by atoms with E-state index >= 15 is 0 Å². The molecule has 0 spiro atoms. The quantitative estimate of drug-likeness (QED) is 0.867. The van der Waals surface area contributed by atoms with Crippen molar-refractivity contribution in [3.05, 3.63) is 34.1 Å². The van der Waals surface area contributed by atoms with E-state index in [1.54, 1.807) is 0 Å². The molecule has 1 atom stereocenters. The van der Waals surface area contributed by atoms with E-state index in [1.165, 1.54) is 25.1 Å². The Kier molecular flexibility index (Phi) is 4.18. The van der Waals surface area contributed by atoms with E-state index in [9.17, 15) is 14.0 Å². The van der Waals surface area contributed by atoms with Crippen LogP contribution >= 0.6 is 15.9 Å². The lowest BCUT2D eigenvalue weighted by Gasteiger charge is -2.08. The maximum atomic E-state index is 13.3. The van der Waals surface area contributed by atoms with Crippen molar-refractivity contribution in [3.63, 3.8) is 0 Å². The van der Waals surface area contributed by atoms with Crippen molar-refractivity contribution in [2.45, 2.75) is 13.3 Å². The second-order valence-electron chi connectivity index (χ2n) is 3.49. The standard InChI is InChI=1S/C11H10BrFO3/c1-6(4-10(14)15)11(16)8-5-7(12)2-3-9(8)13/h2-3,5-6H,4H2,1H3,(H,14,15). The summed E-state index contributed by atoms with van der Waals surface area (Å²) in [5, 5.41) is 8.55. The number of carbonyl (C=O) groups excluding carboxylic acids is 1. The number of halogens is 2. The zero-order valence-corrected chi connectivity index (χ0v) is 10.1. The highest BCUT2D eigenvalue weighted by Gasteiger charge is 2.21. The molecule has 1 aromatic carbocycles. The maximum Gasteiger partial charge on any atom is 0.304 e. The Morgan fingerprint density at radius 2 is 2.12 bits per heavy atom. The number of hydrogen-bond acceptors (Lipinski definition) is 2. The predicted molar refractivity (Wildman–Crippen MR) is 59.8 cm³/mol. The molecule has 1 aromatic rings. The molecule has 1 rings (SSSR count). The SMILES string of the molecule is CC(CC(=O)O)C(=O)c1cc(Br)ccc1F. The van der Waals surface area contributed by atoms with E-state index in [0.29, 0.717) is 4.47 Å². The first-order valence-corrected chi connectivity index (χ1v) is 5.42. The first-order chi connectivity index (χ1) is 7.41. The second kappa shape index (κ2) is 5.21. The highest BCUT2D eigenvalue weighted by molar-refractivity contribution is 9.10. The zero-order valence-electron chi connectivity index (χ0n) is 8.54. The normalized spacial score (nSPS) is 12.2. The molecule has 0 aliphatic heterocycles. The molecule has 0 aromatic heterocycles. The number of carboxylic acid groups (broad SMARTS) is 1. The number of hydrogen-bond donors (Lipinski definition) is 1. The van der Waals surface area contributed by atoms with Crippen molar-refractivity contribution in [1.82, 2.24) is 0 Å². The second-order valence-corrected chi connectivity index (χ2v) is 4.40. The fraction of sp³-hybridized carbons (Fsp3) is 0.273. The van der Waals surface area contributed by atoms with Gasteiger partial charge in [0.2, 0.25) is 0 Å². The van der Waals surface area contributed by atoms with Gasteiger partial charge in [0, 0.05) is 10.4 Å². The molecule has 1 N–H and O–H groups in total. The van der Waals surface area contributed by atoms with E-state index < -0.39 is 23.5 Å². The number of Topliss-reactive ketones (excluding diaryl/α,β-unsaturated/α-hetero) is 1. The largest absolute Gasteiger partial charge is 0.481 e. The third-order valence-electron chi connectivity index (χ3n) is 2.12. The molecule has 0 fully saturated rings. The van der Waals surface area contributed by atoms with Crippen LogP contribution in [0.2, 0.25) is 0 Å². The molecule has 0 saturated carbocycles. The Hall–Kier alpha value is -1.23. The molecule has 1 unspecified atom stereocenters. The Balaban J connectivity index is 2.95. The van der Waals surface area contributed by atoms with Crippen LogP contribution in [-0.2, 0) is 4.79 Å². The summed E-state index contributed by atoms with van der Waals surface area (Å²) in [5.74, 6) is -2.94. The van der Waals surface area contributed by atoms with Crippen molar-refractivity contribution in [1.29, 1.82) is 0 Å². The van der Waals surface area contributed by atoms with Gasteiger partial charge in [-0.25, -0.2) is 4.39 Å². The zero-order chi connectivity index (χ0) is 12.3. The molecular weight excluding hydrogens is 279 g/mol. The summed E-state index contributed by atoms with van der Waals surface area (Å²) in [6.07, 6.45) is -0.301. The van der Waals surface area contributed by atoms with Crippen molar-refractivity contribution >= 4 is 27.7 Å². The minimum absolute atomic E-state index is 0.0804. The van der Waals surface area contributed by atoms with Crippen LogP contribution in [0.1, 0.15) is 23.7 Å². The average molecular weight is 289 g/mol. The molecule has 0 heterocycles. The van der Waals surface area contributed by atoms with Crippen LogP contribution in [0.25, 0.3) is 0 Å². The molecule has 0 aliphatic rings. The maximum absolute atomic E-state index is 13.3. The molecule has 0 amide bonds. The van der Waals surface area contributed by atoms with Gasteiger partial charge in [0.1, 0.15) is 5.82 Å². The van der Waals surface area contributed by atoms with Crippen LogP contribution in [0.5, 0.6) is 0 Å². The summed E-state index contributed by atoms with van der Waals surface area (Å²) in [4.78, 5) is 22.2. The van der Waals surface area contributed by atoms with Gasteiger partial charge in [-0.15, -0.1) is 0 Å². The Morgan fingerprint density at radius 1 is 1.50 bits per heavy atom. The lowest BCUT2D eigenvalue weighted by atomic mass is 9.96. The highest BCUT2D eigenvalue weighted by atomic mass is 79.9. The van der Waals surface area contributed by atoms with Gasteiger partial charge in [0.25, 0.3) is 0 Å². The van der Waals surface area contributed by atoms with E-state index in [1.807, 2.05) is 0 Å². The summed E-state index contributed by atoms with van der Waals surface area (Å²) < 4.78 is 13.9. The van der Waals surface area contributed by atoms with Gasteiger partial charge in [-0.1, -0.05) is 22.9 Å². The summed E-state index contributed by atoms with van der Waals surface area (Å²) in [6, 6.07) is 4.01. The first kappa shape index (κ1) is 12.8. The third-order valence-corrected chi connectivity index (χ3v) is 2.62. The van der Waals surface area contributed by atoms with Crippen molar-refractivity contribution in [2.75, 3.05) is 0 Å².